The van der Waals surface area contributed by atoms with Gasteiger partial charge >= 0.3 is 0 Å². The van der Waals surface area contributed by atoms with E-state index in [4.69, 9.17) is 16.6 Å². The summed E-state index contributed by atoms with van der Waals surface area (Å²) in [5, 5.41) is 11.8. The molecule has 1 aliphatic heterocycles. The van der Waals surface area contributed by atoms with Crippen molar-refractivity contribution in [1.82, 2.24) is 0 Å². The number of benzodiazepines with no additional fused rings is 1. The van der Waals surface area contributed by atoms with Gasteiger partial charge in [-0.2, -0.15) is 0 Å². The number of carbonyl (C=O) groups is 1. The van der Waals surface area contributed by atoms with Crippen LogP contribution >= 0.6 is 11.6 Å². The van der Waals surface area contributed by atoms with Crippen LogP contribution in [0.1, 0.15) is 23.6 Å². The first kappa shape index (κ1) is 21.3. The molecule has 0 bridgehead atoms. The summed E-state index contributed by atoms with van der Waals surface area (Å²) in [6.07, 6.45) is -0.275. The second-order valence-corrected chi connectivity index (χ2v) is 8.44. The van der Waals surface area contributed by atoms with Gasteiger partial charge in [0.2, 0.25) is 0 Å². The molecule has 3 atom stereocenters. The molecule has 158 valence electrons. The Morgan fingerprint density at radius 2 is 1.68 bits per heavy atom. The molecule has 5 heteroatoms. The molecule has 0 radical (unpaired) electrons. The molecule has 0 fully saturated rings. The number of hydrogen-bond acceptors (Lipinski definition) is 3. The lowest BCUT2D eigenvalue weighted by Gasteiger charge is -2.27. The normalized spacial score (nSPS) is 18.1. The van der Waals surface area contributed by atoms with E-state index in [1.807, 2.05) is 79.7 Å². The molecule has 1 N–H and O–H groups in total. The summed E-state index contributed by atoms with van der Waals surface area (Å²) >= 11 is 6.30. The predicted molar refractivity (Wildman–Crippen MR) is 126 cm³/mol. The van der Waals surface area contributed by atoms with Gasteiger partial charge in [-0.25, -0.2) is 0 Å². The van der Waals surface area contributed by atoms with E-state index in [9.17, 15) is 9.90 Å². The standard InChI is InChI=1S/C26H25ClN2O2/c1-17(15-18-9-5-3-6-10-18)25(30)24-26(31)29(2)22-14-13-20(27)16-21(22)23(28-24)19-11-7-4-8-12-19/h3-14,16-17,24-25,30H,15H2,1-2H3/t17-,24-,25+/m1/s1. The third-order valence-corrected chi connectivity index (χ3v) is 6.02. The molecule has 0 aliphatic carbocycles. The van der Waals surface area contributed by atoms with E-state index in [2.05, 4.69) is 0 Å². The van der Waals surface area contributed by atoms with Gasteiger partial charge in [-0.1, -0.05) is 79.2 Å². The number of fused-ring (bicyclic) bond motifs is 1. The average Bonchev–Trinajstić information content (AvgIpc) is 2.89. The molecule has 0 saturated heterocycles. The third-order valence-electron chi connectivity index (χ3n) is 5.78. The van der Waals surface area contributed by atoms with Crippen molar-refractivity contribution in [3.63, 3.8) is 0 Å². The van der Waals surface area contributed by atoms with Crippen molar-refractivity contribution in [3.8, 4) is 0 Å². The number of aliphatic imine (C=N–C) groups is 1. The number of rotatable bonds is 5. The molecular weight excluding hydrogens is 408 g/mol. The molecule has 3 aromatic rings. The molecular formula is C26H25ClN2O2. The highest BCUT2D eigenvalue weighted by atomic mass is 35.5. The van der Waals surface area contributed by atoms with Gasteiger partial charge in [-0.3, -0.25) is 9.79 Å². The maximum Gasteiger partial charge on any atom is 0.254 e. The fraction of sp³-hybridized carbons (Fsp3) is 0.231. The molecule has 1 amide bonds. The number of likely N-dealkylation sites (N-methyl/N-ethyl adjacent to an activating group) is 1. The van der Waals surface area contributed by atoms with Crippen LogP contribution in [-0.2, 0) is 11.2 Å². The zero-order valence-corrected chi connectivity index (χ0v) is 18.3. The van der Waals surface area contributed by atoms with Crippen molar-refractivity contribution in [3.05, 3.63) is 101 Å². The van der Waals surface area contributed by atoms with E-state index in [1.165, 1.54) is 0 Å². The van der Waals surface area contributed by atoms with Crippen LogP contribution in [-0.4, -0.2) is 35.9 Å². The minimum absolute atomic E-state index is 0.157. The van der Waals surface area contributed by atoms with E-state index < -0.39 is 12.1 Å². The zero-order chi connectivity index (χ0) is 22.0. The summed E-state index contributed by atoms with van der Waals surface area (Å²) in [6.45, 7) is 1.96. The Morgan fingerprint density at radius 3 is 2.35 bits per heavy atom. The van der Waals surface area contributed by atoms with Crippen molar-refractivity contribution in [2.24, 2.45) is 10.9 Å². The van der Waals surface area contributed by atoms with Crippen LogP contribution in [0.15, 0.2) is 83.9 Å². The Bertz CT molecular complexity index is 1100. The van der Waals surface area contributed by atoms with Crippen LogP contribution in [0.4, 0.5) is 5.69 Å². The Kier molecular flexibility index (Phi) is 6.21. The van der Waals surface area contributed by atoms with Gasteiger partial charge in [0, 0.05) is 23.2 Å². The summed E-state index contributed by atoms with van der Waals surface area (Å²) in [6, 6.07) is 24.2. The molecule has 4 nitrogen and oxygen atoms in total. The lowest BCUT2D eigenvalue weighted by Crippen LogP contribution is -2.44. The van der Waals surface area contributed by atoms with E-state index in [0.717, 1.165) is 22.4 Å². The van der Waals surface area contributed by atoms with E-state index in [0.29, 0.717) is 17.2 Å². The van der Waals surface area contributed by atoms with Gasteiger partial charge < -0.3 is 10.0 Å². The summed E-state index contributed by atoms with van der Waals surface area (Å²) in [7, 11) is 1.72. The highest BCUT2D eigenvalue weighted by molar-refractivity contribution is 6.32. The summed E-state index contributed by atoms with van der Waals surface area (Å²) in [5.74, 6) is -0.391. The summed E-state index contributed by atoms with van der Waals surface area (Å²) in [4.78, 5) is 19.8. The largest absolute Gasteiger partial charge is 0.390 e. The molecule has 3 aromatic carbocycles. The van der Waals surface area contributed by atoms with Gasteiger partial charge in [-0.15, -0.1) is 0 Å². The van der Waals surface area contributed by atoms with Gasteiger partial charge in [0.05, 0.1) is 17.5 Å². The number of benzene rings is 3. The molecule has 0 aromatic heterocycles. The van der Waals surface area contributed by atoms with Gasteiger partial charge in [-0.05, 0) is 36.1 Å². The minimum Gasteiger partial charge on any atom is -0.390 e. The van der Waals surface area contributed by atoms with Crippen LogP contribution in [0, 0.1) is 5.92 Å². The predicted octanol–water partition coefficient (Wildman–Crippen LogP) is 4.76. The maximum absolute atomic E-state index is 13.4. The van der Waals surface area contributed by atoms with Crippen molar-refractivity contribution in [1.29, 1.82) is 0 Å². The Labute approximate surface area is 187 Å². The van der Waals surface area contributed by atoms with Crippen LogP contribution in [0.5, 0.6) is 0 Å². The van der Waals surface area contributed by atoms with E-state index in [1.54, 1.807) is 18.0 Å². The molecule has 1 aliphatic rings. The first-order valence-corrected chi connectivity index (χ1v) is 10.8. The Hall–Kier alpha value is -2.95. The fourth-order valence-electron chi connectivity index (χ4n) is 4.04. The fourth-order valence-corrected chi connectivity index (χ4v) is 4.21. The van der Waals surface area contributed by atoms with Crippen molar-refractivity contribution in [2.45, 2.75) is 25.5 Å². The Morgan fingerprint density at radius 1 is 1.03 bits per heavy atom. The lowest BCUT2D eigenvalue weighted by atomic mass is 9.91. The first-order valence-electron chi connectivity index (χ1n) is 10.4. The van der Waals surface area contributed by atoms with Crippen molar-refractivity contribution >= 4 is 28.9 Å². The summed E-state index contributed by atoms with van der Waals surface area (Å²) < 4.78 is 0. The first-order chi connectivity index (χ1) is 15.0. The second kappa shape index (κ2) is 9.04. The molecule has 1 heterocycles. The number of hydrogen-bond donors (Lipinski definition) is 1. The summed E-state index contributed by atoms with van der Waals surface area (Å²) in [5.41, 5.74) is 4.15. The van der Waals surface area contributed by atoms with Crippen molar-refractivity contribution < 1.29 is 9.90 Å². The van der Waals surface area contributed by atoms with Crippen LogP contribution < -0.4 is 4.90 Å². The smallest absolute Gasteiger partial charge is 0.254 e. The number of halogens is 1. The van der Waals surface area contributed by atoms with E-state index >= 15 is 0 Å². The second-order valence-electron chi connectivity index (χ2n) is 8.00. The number of anilines is 1. The Balaban J connectivity index is 1.77. The van der Waals surface area contributed by atoms with Crippen molar-refractivity contribution in [2.75, 3.05) is 11.9 Å². The SMILES string of the molecule is C[C@H](Cc1ccccc1)[C@H](O)[C@H]1N=C(c2ccccc2)c2cc(Cl)ccc2N(C)C1=O. The molecule has 31 heavy (non-hydrogen) atoms. The maximum atomic E-state index is 13.4. The molecule has 0 spiro atoms. The lowest BCUT2D eigenvalue weighted by molar-refractivity contribution is -0.122. The van der Waals surface area contributed by atoms with Crippen LogP contribution in [0.2, 0.25) is 5.02 Å². The molecule has 0 unspecified atom stereocenters. The van der Waals surface area contributed by atoms with E-state index in [-0.39, 0.29) is 11.8 Å². The number of nitrogens with zero attached hydrogens (tertiary/aromatic N) is 2. The number of aliphatic hydroxyl groups is 1. The van der Waals surface area contributed by atoms with Crippen LogP contribution in [0.3, 0.4) is 0 Å². The quantitative estimate of drug-likeness (QED) is 0.631. The minimum atomic E-state index is -0.932. The van der Waals surface area contributed by atoms with Gasteiger partial charge in [0.15, 0.2) is 6.04 Å². The molecule has 0 saturated carbocycles. The van der Waals surface area contributed by atoms with Gasteiger partial charge in [0.1, 0.15) is 0 Å². The highest BCUT2D eigenvalue weighted by Crippen LogP contribution is 2.32. The average molecular weight is 433 g/mol. The van der Waals surface area contributed by atoms with Gasteiger partial charge in [0.25, 0.3) is 5.91 Å². The number of aliphatic hydroxyl groups excluding tert-OH is 1. The highest BCUT2D eigenvalue weighted by Gasteiger charge is 2.37. The number of amides is 1. The number of carbonyl (C=O) groups excluding carboxylic acids is 1. The van der Waals surface area contributed by atoms with Crippen LogP contribution in [0.25, 0.3) is 0 Å². The zero-order valence-electron chi connectivity index (χ0n) is 17.6. The molecule has 4 rings (SSSR count). The third kappa shape index (κ3) is 4.41. The monoisotopic (exact) mass is 432 g/mol. The topological polar surface area (TPSA) is 52.9 Å².